The van der Waals surface area contributed by atoms with Gasteiger partial charge in [0, 0.05) is 0 Å². The molecular weight excluding hydrogens is 268 g/mol. The maximum atomic E-state index is 12.9. The number of carboxylic acids is 1. The Hall–Kier alpha value is -1.06. The molecule has 3 rings (SSSR count). The van der Waals surface area contributed by atoms with Crippen molar-refractivity contribution in [2.45, 2.75) is 76.7 Å². The molecule has 118 valence electrons. The van der Waals surface area contributed by atoms with Gasteiger partial charge in [0.1, 0.15) is 5.60 Å². The summed E-state index contributed by atoms with van der Waals surface area (Å²) in [6.07, 6.45) is 9.22. The van der Waals surface area contributed by atoms with Crippen molar-refractivity contribution in [2.75, 3.05) is 0 Å². The summed E-state index contributed by atoms with van der Waals surface area (Å²) in [4.78, 5) is 24.4. The summed E-state index contributed by atoms with van der Waals surface area (Å²) in [5.41, 5.74) is -1.05. The fourth-order valence-corrected chi connectivity index (χ4v) is 4.94. The van der Waals surface area contributed by atoms with Crippen LogP contribution in [-0.4, -0.2) is 22.6 Å². The molecule has 0 spiro atoms. The normalized spacial score (nSPS) is 37.4. The van der Waals surface area contributed by atoms with E-state index in [-0.39, 0.29) is 11.6 Å². The van der Waals surface area contributed by atoms with Gasteiger partial charge in [-0.3, -0.25) is 9.59 Å². The molecule has 0 heterocycles. The number of carbonyl (C=O) groups is 2. The van der Waals surface area contributed by atoms with Crippen molar-refractivity contribution in [2.24, 2.45) is 17.3 Å². The first-order chi connectivity index (χ1) is 10.0. The van der Waals surface area contributed by atoms with Crippen molar-refractivity contribution in [3.63, 3.8) is 0 Å². The van der Waals surface area contributed by atoms with Crippen molar-refractivity contribution in [1.82, 2.24) is 0 Å². The lowest BCUT2D eigenvalue weighted by Crippen LogP contribution is -2.45. The Morgan fingerprint density at radius 1 is 1.19 bits per heavy atom. The summed E-state index contributed by atoms with van der Waals surface area (Å²) in [7, 11) is 0. The topological polar surface area (TPSA) is 63.6 Å². The third-order valence-electron chi connectivity index (χ3n) is 6.31. The van der Waals surface area contributed by atoms with Gasteiger partial charge in [-0.2, -0.15) is 0 Å². The molecule has 0 aliphatic heterocycles. The van der Waals surface area contributed by atoms with Gasteiger partial charge in [0.05, 0.1) is 11.3 Å². The molecule has 2 bridgehead atoms. The average molecular weight is 294 g/mol. The molecule has 4 heteroatoms. The van der Waals surface area contributed by atoms with Crippen molar-refractivity contribution < 1.29 is 19.4 Å². The van der Waals surface area contributed by atoms with Crippen LogP contribution in [0, 0.1) is 17.3 Å². The third-order valence-corrected chi connectivity index (χ3v) is 6.31. The Morgan fingerprint density at radius 3 is 2.48 bits per heavy atom. The van der Waals surface area contributed by atoms with Gasteiger partial charge in [0.15, 0.2) is 0 Å². The van der Waals surface area contributed by atoms with E-state index in [1.165, 1.54) is 6.42 Å². The number of hydrogen-bond acceptors (Lipinski definition) is 3. The predicted molar refractivity (Wildman–Crippen MR) is 77.7 cm³/mol. The van der Waals surface area contributed by atoms with Crippen LogP contribution >= 0.6 is 0 Å². The predicted octanol–water partition coefficient (Wildman–Crippen LogP) is 3.53. The van der Waals surface area contributed by atoms with Gasteiger partial charge >= 0.3 is 11.9 Å². The van der Waals surface area contributed by atoms with Crippen LogP contribution in [0.1, 0.15) is 71.1 Å². The molecule has 3 unspecified atom stereocenters. The standard InChI is InChI=1S/C17H26O4/c1-2-16(7-4-3-5-8-16)21-15(20)17-9-6-12(11-17)10-13(17)14(18)19/h12-13H,2-11H2,1H3,(H,18,19). The summed E-state index contributed by atoms with van der Waals surface area (Å²) in [6, 6.07) is 0. The van der Waals surface area contributed by atoms with E-state index in [1.807, 2.05) is 0 Å². The first-order valence-corrected chi connectivity index (χ1v) is 8.48. The summed E-state index contributed by atoms with van der Waals surface area (Å²) in [5, 5.41) is 9.47. The molecule has 0 saturated heterocycles. The number of fused-ring (bicyclic) bond motifs is 2. The average Bonchev–Trinajstić information content (AvgIpc) is 3.07. The molecule has 0 aromatic carbocycles. The Labute approximate surface area is 126 Å². The lowest BCUT2D eigenvalue weighted by molar-refractivity contribution is -0.182. The number of hydrogen-bond donors (Lipinski definition) is 1. The van der Waals surface area contributed by atoms with Gasteiger partial charge in [-0.25, -0.2) is 0 Å². The number of rotatable bonds is 4. The minimum atomic E-state index is -0.816. The summed E-state index contributed by atoms with van der Waals surface area (Å²) < 4.78 is 6.01. The molecular formula is C17H26O4. The van der Waals surface area contributed by atoms with Crippen LogP contribution in [-0.2, 0) is 14.3 Å². The molecule has 3 aliphatic rings. The molecule has 3 atom stereocenters. The minimum Gasteiger partial charge on any atom is -0.481 e. The van der Waals surface area contributed by atoms with Gasteiger partial charge < -0.3 is 9.84 Å². The fraction of sp³-hybridized carbons (Fsp3) is 0.882. The van der Waals surface area contributed by atoms with Crippen molar-refractivity contribution >= 4 is 11.9 Å². The number of aliphatic carboxylic acids is 1. The van der Waals surface area contributed by atoms with E-state index in [2.05, 4.69) is 6.92 Å². The van der Waals surface area contributed by atoms with Gasteiger partial charge in [-0.1, -0.05) is 13.3 Å². The molecule has 0 aromatic heterocycles. The molecule has 21 heavy (non-hydrogen) atoms. The minimum absolute atomic E-state index is 0.210. The van der Waals surface area contributed by atoms with E-state index >= 15 is 0 Å². The molecule has 4 nitrogen and oxygen atoms in total. The Kier molecular flexibility index (Phi) is 3.74. The summed E-state index contributed by atoms with van der Waals surface area (Å²) >= 11 is 0. The van der Waals surface area contributed by atoms with E-state index < -0.39 is 17.3 Å². The van der Waals surface area contributed by atoms with Crippen LogP contribution < -0.4 is 0 Å². The second kappa shape index (κ2) is 5.29. The maximum absolute atomic E-state index is 12.9. The quantitative estimate of drug-likeness (QED) is 0.806. The van der Waals surface area contributed by atoms with Crippen molar-refractivity contribution in [3.05, 3.63) is 0 Å². The molecule has 0 amide bonds. The highest BCUT2D eigenvalue weighted by Crippen LogP contribution is 2.59. The van der Waals surface area contributed by atoms with Crippen LogP contribution in [0.4, 0.5) is 0 Å². The van der Waals surface area contributed by atoms with Gasteiger partial charge in [0.2, 0.25) is 0 Å². The van der Waals surface area contributed by atoms with E-state index in [0.29, 0.717) is 18.8 Å². The van der Waals surface area contributed by atoms with E-state index in [9.17, 15) is 14.7 Å². The zero-order valence-corrected chi connectivity index (χ0v) is 12.9. The lowest BCUT2D eigenvalue weighted by Gasteiger charge is -2.40. The van der Waals surface area contributed by atoms with Crippen LogP contribution in [0.3, 0.4) is 0 Å². The third kappa shape index (κ3) is 2.36. The van der Waals surface area contributed by atoms with Crippen LogP contribution in [0.25, 0.3) is 0 Å². The van der Waals surface area contributed by atoms with E-state index in [4.69, 9.17) is 4.74 Å². The number of ether oxygens (including phenoxy) is 1. The Morgan fingerprint density at radius 2 is 1.90 bits per heavy atom. The van der Waals surface area contributed by atoms with Gasteiger partial charge in [-0.05, 0) is 63.7 Å². The second-order valence-corrected chi connectivity index (χ2v) is 7.38. The van der Waals surface area contributed by atoms with Crippen LogP contribution in [0.15, 0.2) is 0 Å². The Bertz CT molecular complexity index is 438. The van der Waals surface area contributed by atoms with Crippen LogP contribution in [0.5, 0.6) is 0 Å². The van der Waals surface area contributed by atoms with Crippen LogP contribution in [0.2, 0.25) is 0 Å². The van der Waals surface area contributed by atoms with Crippen molar-refractivity contribution in [3.8, 4) is 0 Å². The van der Waals surface area contributed by atoms with Gasteiger partial charge in [-0.15, -0.1) is 0 Å². The number of esters is 1. The second-order valence-electron chi connectivity index (χ2n) is 7.38. The molecule has 3 saturated carbocycles. The first-order valence-electron chi connectivity index (χ1n) is 8.48. The number of carboxylic acid groups (broad SMARTS) is 1. The summed E-state index contributed by atoms with van der Waals surface area (Å²) in [6.45, 7) is 2.08. The van der Waals surface area contributed by atoms with Gasteiger partial charge in [0.25, 0.3) is 0 Å². The maximum Gasteiger partial charge on any atom is 0.313 e. The molecule has 1 N–H and O–H groups in total. The highest BCUT2D eigenvalue weighted by molar-refractivity contribution is 5.86. The SMILES string of the molecule is CCC1(OC(=O)C23CCC(CC2C(=O)O)C3)CCCCC1. The molecule has 0 aromatic rings. The molecule has 3 aliphatic carbocycles. The number of carbonyl (C=O) groups excluding carboxylic acids is 1. The Balaban J connectivity index is 1.79. The first kappa shape index (κ1) is 14.9. The lowest BCUT2D eigenvalue weighted by atomic mass is 9.74. The zero-order chi connectivity index (χ0) is 15.1. The van der Waals surface area contributed by atoms with Crippen molar-refractivity contribution in [1.29, 1.82) is 0 Å². The highest BCUT2D eigenvalue weighted by Gasteiger charge is 2.61. The van der Waals surface area contributed by atoms with E-state index in [0.717, 1.165) is 44.9 Å². The molecule has 0 radical (unpaired) electrons. The highest BCUT2D eigenvalue weighted by atomic mass is 16.6. The monoisotopic (exact) mass is 294 g/mol. The molecule has 3 fully saturated rings. The zero-order valence-electron chi connectivity index (χ0n) is 12.9. The summed E-state index contributed by atoms with van der Waals surface area (Å²) in [5.74, 6) is -1.15. The smallest absolute Gasteiger partial charge is 0.313 e. The fourth-order valence-electron chi connectivity index (χ4n) is 4.94. The largest absolute Gasteiger partial charge is 0.481 e. The van der Waals surface area contributed by atoms with E-state index in [1.54, 1.807) is 0 Å².